The van der Waals surface area contributed by atoms with Crippen molar-refractivity contribution in [3.8, 4) is 0 Å². The van der Waals surface area contributed by atoms with Gasteiger partial charge < -0.3 is 5.32 Å². The van der Waals surface area contributed by atoms with E-state index in [1.165, 1.54) is 28.3 Å². The largest absolute Gasteiger partial charge is 0.355 e. The lowest BCUT2D eigenvalue weighted by Crippen LogP contribution is -2.27. The van der Waals surface area contributed by atoms with Gasteiger partial charge in [-0.2, -0.15) is 4.98 Å². The number of rotatable bonds is 6. The molecule has 0 radical (unpaired) electrons. The summed E-state index contributed by atoms with van der Waals surface area (Å²) in [5.74, 6) is 0.485. The molecule has 0 aliphatic heterocycles. The molecule has 0 atom stereocenters. The van der Waals surface area contributed by atoms with Gasteiger partial charge in [-0.05, 0) is 42.3 Å². The standard InChI is InChI=1S/C20H20N2OS/c1-15-13-20(22-18-10-6-5-9-17(15)18)24-14-19(23)21-12-11-16-7-3-2-4-8-16/h2-10,13H,11-12,14H2,1H3,(H,21,23)/p+1. The van der Waals surface area contributed by atoms with Crippen molar-refractivity contribution in [3.63, 3.8) is 0 Å². The Hall–Kier alpha value is -2.33. The average molecular weight is 337 g/mol. The monoisotopic (exact) mass is 337 g/mol. The quantitative estimate of drug-likeness (QED) is 0.701. The number of benzene rings is 2. The molecule has 0 fully saturated rings. The lowest BCUT2D eigenvalue weighted by molar-refractivity contribution is -0.395. The van der Waals surface area contributed by atoms with Crippen LogP contribution >= 0.6 is 11.8 Å². The van der Waals surface area contributed by atoms with Gasteiger partial charge >= 0.3 is 0 Å². The Bertz CT molecular complexity index is 833. The van der Waals surface area contributed by atoms with Gasteiger partial charge in [0.15, 0.2) is 0 Å². The molecular formula is C20H21N2OS+. The van der Waals surface area contributed by atoms with Crippen LogP contribution < -0.4 is 10.3 Å². The highest BCUT2D eigenvalue weighted by Gasteiger charge is 2.11. The fraction of sp³-hybridized carbons (Fsp3) is 0.200. The van der Waals surface area contributed by atoms with E-state index in [1.54, 1.807) is 0 Å². The summed E-state index contributed by atoms with van der Waals surface area (Å²) >= 11 is 1.54. The maximum Gasteiger partial charge on any atom is 0.239 e. The van der Waals surface area contributed by atoms with Gasteiger partial charge in [-0.25, -0.2) is 0 Å². The first kappa shape index (κ1) is 16.5. The molecule has 0 saturated heterocycles. The molecule has 0 bridgehead atoms. The SMILES string of the molecule is Cc1cc(SCC(=O)NCCc2ccccc2)[nH+]c2ccccc12. The molecule has 0 aliphatic carbocycles. The van der Waals surface area contributed by atoms with E-state index in [-0.39, 0.29) is 5.91 Å². The highest BCUT2D eigenvalue weighted by molar-refractivity contribution is 7.99. The van der Waals surface area contributed by atoms with E-state index in [2.05, 4.69) is 47.6 Å². The van der Waals surface area contributed by atoms with Crippen LogP contribution in [0.2, 0.25) is 0 Å². The van der Waals surface area contributed by atoms with Crippen molar-refractivity contribution < 1.29 is 9.78 Å². The molecule has 0 aliphatic rings. The average Bonchev–Trinajstić information content (AvgIpc) is 2.61. The number of aromatic amines is 1. The van der Waals surface area contributed by atoms with E-state index in [9.17, 15) is 4.79 Å². The number of hydrogen-bond acceptors (Lipinski definition) is 2. The number of amides is 1. The lowest BCUT2D eigenvalue weighted by Gasteiger charge is -2.05. The fourth-order valence-corrected chi connectivity index (χ4v) is 3.47. The van der Waals surface area contributed by atoms with Crippen LogP contribution in [0.4, 0.5) is 0 Å². The molecule has 2 aromatic carbocycles. The van der Waals surface area contributed by atoms with Gasteiger partial charge in [0.2, 0.25) is 16.4 Å². The van der Waals surface area contributed by atoms with Gasteiger partial charge in [0.25, 0.3) is 0 Å². The van der Waals surface area contributed by atoms with Gasteiger partial charge in [0.05, 0.1) is 5.75 Å². The second-order valence-electron chi connectivity index (χ2n) is 5.74. The minimum atomic E-state index is 0.0649. The van der Waals surface area contributed by atoms with Crippen LogP contribution in [0.1, 0.15) is 11.1 Å². The second kappa shape index (κ2) is 7.97. The van der Waals surface area contributed by atoms with Crippen molar-refractivity contribution in [2.45, 2.75) is 18.4 Å². The van der Waals surface area contributed by atoms with Gasteiger partial charge in [-0.15, -0.1) is 0 Å². The molecule has 1 amide bonds. The number of H-pyrrole nitrogens is 1. The van der Waals surface area contributed by atoms with Crippen molar-refractivity contribution in [3.05, 3.63) is 71.8 Å². The summed E-state index contributed by atoms with van der Waals surface area (Å²) < 4.78 is 0. The molecule has 1 aromatic heterocycles. The molecule has 3 rings (SSSR count). The maximum absolute atomic E-state index is 12.0. The molecule has 0 saturated carbocycles. The van der Waals surface area contributed by atoms with Gasteiger partial charge in [0, 0.05) is 24.1 Å². The summed E-state index contributed by atoms with van der Waals surface area (Å²) in [6.07, 6.45) is 0.860. The van der Waals surface area contributed by atoms with Crippen molar-refractivity contribution in [1.82, 2.24) is 5.32 Å². The van der Waals surface area contributed by atoms with E-state index in [4.69, 9.17) is 0 Å². The van der Waals surface area contributed by atoms with Crippen LogP contribution in [0.15, 0.2) is 65.7 Å². The van der Waals surface area contributed by atoms with E-state index < -0.39 is 0 Å². The topological polar surface area (TPSA) is 43.2 Å². The van der Waals surface area contributed by atoms with Crippen LogP contribution in [-0.2, 0) is 11.2 Å². The summed E-state index contributed by atoms with van der Waals surface area (Å²) in [7, 11) is 0. The number of aromatic nitrogens is 1. The fourth-order valence-electron chi connectivity index (χ4n) is 2.64. The third kappa shape index (κ3) is 4.36. The summed E-state index contributed by atoms with van der Waals surface area (Å²) in [5.41, 5.74) is 3.56. The first-order valence-corrected chi connectivity index (χ1v) is 9.06. The summed E-state index contributed by atoms with van der Waals surface area (Å²) in [4.78, 5) is 15.4. The van der Waals surface area contributed by atoms with Crippen LogP contribution in [0, 0.1) is 6.92 Å². The minimum absolute atomic E-state index is 0.0649. The molecule has 3 nitrogen and oxygen atoms in total. The number of hydrogen-bond donors (Lipinski definition) is 1. The van der Waals surface area contributed by atoms with Crippen LogP contribution in [-0.4, -0.2) is 18.2 Å². The molecule has 24 heavy (non-hydrogen) atoms. The number of nitrogens with one attached hydrogen (secondary N) is 2. The zero-order valence-electron chi connectivity index (χ0n) is 13.7. The van der Waals surface area contributed by atoms with E-state index in [1.807, 2.05) is 30.3 Å². The third-order valence-electron chi connectivity index (χ3n) is 3.89. The van der Waals surface area contributed by atoms with Gasteiger partial charge in [-0.1, -0.05) is 42.5 Å². The lowest BCUT2D eigenvalue weighted by atomic mass is 10.1. The third-order valence-corrected chi connectivity index (χ3v) is 4.83. The Kier molecular flexibility index (Phi) is 5.49. The molecule has 3 aromatic rings. The maximum atomic E-state index is 12.0. The van der Waals surface area contributed by atoms with Gasteiger partial charge in [0.1, 0.15) is 0 Å². The number of carbonyl (C=O) groups is 1. The number of carbonyl (C=O) groups excluding carboxylic acids is 1. The Labute approximate surface area is 146 Å². The Morgan fingerprint density at radius 2 is 1.83 bits per heavy atom. The predicted octanol–water partition coefficient (Wildman–Crippen LogP) is 3.41. The molecule has 0 unspecified atom stereocenters. The zero-order valence-corrected chi connectivity index (χ0v) is 14.5. The Balaban J connectivity index is 1.51. The summed E-state index contributed by atoms with van der Waals surface area (Å²) in [6, 6.07) is 20.5. The van der Waals surface area contributed by atoms with Gasteiger partial charge in [-0.3, -0.25) is 4.79 Å². The molecule has 2 N–H and O–H groups in total. The van der Waals surface area contributed by atoms with Crippen LogP contribution in [0.3, 0.4) is 0 Å². The molecule has 0 spiro atoms. The molecule has 1 heterocycles. The first-order valence-electron chi connectivity index (χ1n) is 8.07. The van der Waals surface area contributed by atoms with Crippen molar-refractivity contribution in [1.29, 1.82) is 0 Å². The van der Waals surface area contributed by atoms with Crippen molar-refractivity contribution >= 4 is 28.6 Å². The normalized spacial score (nSPS) is 10.7. The predicted molar refractivity (Wildman–Crippen MR) is 99.1 cm³/mol. The number of fused-ring (bicyclic) bond motifs is 1. The Morgan fingerprint density at radius 3 is 2.67 bits per heavy atom. The number of pyridine rings is 1. The zero-order chi connectivity index (χ0) is 16.8. The number of thioether (sulfide) groups is 1. The van der Waals surface area contributed by atoms with E-state index >= 15 is 0 Å². The van der Waals surface area contributed by atoms with Crippen molar-refractivity contribution in [2.24, 2.45) is 0 Å². The van der Waals surface area contributed by atoms with Crippen LogP contribution in [0.5, 0.6) is 0 Å². The summed E-state index contributed by atoms with van der Waals surface area (Å²) in [5, 5.41) is 5.21. The summed E-state index contributed by atoms with van der Waals surface area (Å²) in [6.45, 7) is 2.77. The molecule has 4 heteroatoms. The van der Waals surface area contributed by atoms with Crippen LogP contribution in [0.25, 0.3) is 10.9 Å². The molecule has 122 valence electrons. The smallest absolute Gasteiger partial charge is 0.239 e. The second-order valence-corrected chi connectivity index (χ2v) is 6.75. The number of para-hydroxylation sites is 1. The highest BCUT2D eigenvalue weighted by atomic mass is 32.2. The van der Waals surface area contributed by atoms with E-state index in [0.29, 0.717) is 12.3 Å². The minimum Gasteiger partial charge on any atom is -0.355 e. The van der Waals surface area contributed by atoms with Crippen molar-refractivity contribution in [2.75, 3.05) is 12.3 Å². The molecular weight excluding hydrogens is 316 g/mol. The number of aryl methyl sites for hydroxylation is 1. The highest BCUT2D eigenvalue weighted by Crippen LogP contribution is 2.20. The first-order chi connectivity index (χ1) is 11.7. The van der Waals surface area contributed by atoms with E-state index in [0.717, 1.165) is 17.0 Å². The Morgan fingerprint density at radius 1 is 1.08 bits per heavy atom.